The minimum absolute atomic E-state index is 0.00844. The molecule has 2 N–H and O–H groups in total. The third-order valence-electron chi connectivity index (χ3n) is 5.32. The predicted octanol–water partition coefficient (Wildman–Crippen LogP) is 3.53. The SMILES string of the molecule is COc1ccc(C(C(=O)Nc2ccc(C(C)(C)C)cc2)N(C)C(=O)c2cnc(=O)[nH]c2)cc1. The van der Waals surface area contributed by atoms with E-state index in [1.165, 1.54) is 24.3 Å². The number of rotatable bonds is 6. The predicted molar refractivity (Wildman–Crippen MR) is 126 cm³/mol. The summed E-state index contributed by atoms with van der Waals surface area (Å²) in [6.45, 7) is 6.35. The number of methoxy groups -OCH3 is 1. The van der Waals surface area contributed by atoms with Crippen LogP contribution in [0.5, 0.6) is 5.75 Å². The first-order valence-corrected chi connectivity index (χ1v) is 10.5. The third kappa shape index (κ3) is 5.65. The average Bonchev–Trinajstić information content (AvgIpc) is 2.79. The number of likely N-dealkylation sites (N-methyl/N-ethyl adjacent to an activating group) is 1. The second-order valence-electron chi connectivity index (χ2n) is 8.72. The molecule has 1 unspecified atom stereocenters. The topological polar surface area (TPSA) is 104 Å². The molecule has 172 valence electrons. The molecule has 1 heterocycles. The molecule has 2 amide bonds. The number of aromatic amines is 1. The van der Waals surface area contributed by atoms with Crippen LogP contribution in [-0.2, 0) is 10.2 Å². The maximum absolute atomic E-state index is 13.4. The van der Waals surface area contributed by atoms with Crippen molar-refractivity contribution in [3.8, 4) is 5.75 Å². The highest BCUT2D eigenvalue weighted by atomic mass is 16.5. The van der Waals surface area contributed by atoms with E-state index in [0.29, 0.717) is 17.0 Å². The van der Waals surface area contributed by atoms with Crippen LogP contribution in [0.2, 0.25) is 0 Å². The first-order valence-electron chi connectivity index (χ1n) is 10.5. The molecule has 0 aliphatic heterocycles. The van der Waals surface area contributed by atoms with Gasteiger partial charge in [-0.1, -0.05) is 45.0 Å². The van der Waals surface area contributed by atoms with Crippen molar-refractivity contribution in [2.45, 2.75) is 32.2 Å². The number of nitrogens with zero attached hydrogens (tertiary/aromatic N) is 2. The fraction of sp³-hybridized carbons (Fsp3) is 0.280. The van der Waals surface area contributed by atoms with E-state index in [9.17, 15) is 14.4 Å². The van der Waals surface area contributed by atoms with Gasteiger partial charge in [-0.25, -0.2) is 9.78 Å². The number of amides is 2. The van der Waals surface area contributed by atoms with Gasteiger partial charge in [0, 0.05) is 25.1 Å². The van der Waals surface area contributed by atoms with Crippen LogP contribution in [0.25, 0.3) is 0 Å². The highest BCUT2D eigenvalue weighted by Gasteiger charge is 2.30. The summed E-state index contributed by atoms with van der Waals surface area (Å²) in [5.74, 6) is -0.204. The van der Waals surface area contributed by atoms with E-state index >= 15 is 0 Å². The van der Waals surface area contributed by atoms with Crippen molar-refractivity contribution in [3.05, 3.63) is 88.1 Å². The van der Waals surface area contributed by atoms with Gasteiger partial charge in [0.25, 0.3) is 11.8 Å². The number of nitrogens with one attached hydrogen (secondary N) is 2. The summed E-state index contributed by atoms with van der Waals surface area (Å²) in [6, 6.07) is 13.6. The maximum Gasteiger partial charge on any atom is 0.344 e. The molecule has 0 aliphatic carbocycles. The molecule has 33 heavy (non-hydrogen) atoms. The molecule has 0 saturated heterocycles. The lowest BCUT2D eigenvalue weighted by Crippen LogP contribution is -2.39. The van der Waals surface area contributed by atoms with E-state index in [-0.39, 0.29) is 16.9 Å². The van der Waals surface area contributed by atoms with Crippen LogP contribution in [0.15, 0.2) is 65.7 Å². The number of benzene rings is 2. The van der Waals surface area contributed by atoms with Gasteiger partial charge in [-0.2, -0.15) is 0 Å². The molecule has 3 aromatic rings. The molecule has 0 saturated carbocycles. The Morgan fingerprint density at radius 1 is 1.06 bits per heavy atom. The Morgan fingerprint density at radius 2 is 1.70 bits per heavy atom. The minimum atomic E-state index is -0.933. The molecular formula is C25H28N4O4. The van der Waals surface area contributed by atoms with Crippen LogP contribution in [-0.4, -0.2) is 40.8 Å². The molecular weight excluding hydrogens is 420 g/mol. The summed E-state index contributed by atoms with van der Waals surface area (Å²) in [7, 11) is 3.09. The van der Waals surface area contributed by atoms with Crippen LogP contribution in [0.1, 0.15) is 48.3 Å². The zero-order valence-corrected chi connectivity index (χ0v) is 19.4. The van der Waals surface area contributed by atoms with E-state index in [1.54, 1.807) is 31.4 Å². The fourth-order valence-corrected chi connectivity index (χ4v) is 3.38. The highest BCUT2D eigenvalue weighted by Crippen LogP contribution is 2.27. The number of carbonyl (C=O) groups is 2. The van der Waals surface area contributed by atoms with Gasteiger partial charge in [0.2, 0.25) is 0 Å². The lowest BCUT2D eigenvalue weighted by Gasteiger charge is -2.28. The molecule has 0 fully saturated rings. The smallest absolute Gasteiger partial charge is 0.344 e. The Bertz CT molecular complexity index is 1160. The monoisotopic (exact) mass is 448 g/mol. The molecule has 0 bridgehead atoms. The number of H-pyrrole nitrogens is 1. The molecule has 0 radical (unpaired) electrons. The van der Waals surface area contributed by atoms with Gasteiger partial charge in [-0.15, -0.1) is 0 Å². The minimum Gasteiger partial charge on any atom is -0.497 e. The second-order valence-corrected chi connectivity index (χ2v) is 8.72. The molecule has 3 rings (SSSR count). The Labute approximate surface area is 192 Å². The van der Waals surface area contributed by atoms with E-state index in [0.717, 1.165) is 5.56 Å². The molecule has 1 aromatic heterocycles. The van der Waals surface area contributed by atoms with Gasteiger partial charge < -0.3 is 19.9 Å². The molecule has 0 spiro atoms. The van der Waals surface area contributed by atoms with Crippen molar-refractivity contribution in [2.24, 2.45) is 0 Å². The van der Waals surface area contributed by atoms with E-state index in [4.69, 9.17) is 4.74 Å². The molecule has 0 aliphatic rings. The van der Waals surface area contributed by atoms with Crippen molar-refractivity contribution < 1.29 is 14.3 Å². The lowest BCUT2D eigenvalue weighted by molar-refractivity contribution is -0.120. The van der Waals surface area contributed by atoms with Crippen LogP contribution in [0.4, 0.5) is 5.69 Å². The number of hydrogen-bond acceptors (Lipinski definition) is 5. The summed E-state index contributed by atoms with van der Waals surface area (Å²) >= 11 is 0. The zero-order valence-electron chi connectivity index (χ0n) is 19.4. The van der Waals surface area contributed by atoms with Crippen molar-refractivity contribution >= 4 is 17.5 Å². The fourth-order valence-electron chi connectivity index (χ4n) is 3.38. The van der Waals surface area contributed by atoms with Crippen LogP contribution in [0, 0.1) is 0 Å². The van der Waals surface area contributed by atoms with Crippen molar-refractivity contribution in [2.75, 3.05) is 19.5 Å². The van der Waals surface area contributed by atoms with Crippen LogP contribution < -0.4 is 15.7 Å². The molecule has 1 atom stereocenters. The van der Waals surface area contributed by atoms with Crippen molar-refractivity contribution in [3.63, 3.8) is 0 Å². The number of aromatic nitrogens is 2. The Hall–Kier alpha value is -3.94. The van der Waals surface area contributed by atoms with E-state index in [1.807, 2.05) is 24.3 Å². The van der Waals surface area contributed by atoms with Gasteiger partial charge in [-0.3, -0.25) is 9.59 Å². The summed E-state index contributed by atoms with van der Waals surface area (Å²) in [5, 5.41) is 2.91. The van der Waals surface area contributed by atoms with Gasteiger partial charge in [0.05, 0.1) is 12.7 Å². The summed E-state index contributed by atoms with van der Waals surface area (Å²) in [6.07, 6.45) is 2.47. The van der Waals surface area contributed by atoms with Crippen LogP contribution in [0.3, 0.4) is 0 Å². The summed E-state index contributed by atoms with van der Waals surface area (Å²) < 4.78 is 5.21. The summed E-state index contributed by atoms with van der Waals surface area (Å²) in [4.78, 5) is 45.0. The van der Waals surface area contributed by atoms with Gasteiger partial charge in [-0.05, 0) is 40.8 Å². The first-order chi connectivity index (χ1) is 15.6. The summed E-state index contributed by atoms with van der Waals surface area (Å²) in [5.41, 5.74) is 1.97. The van der Waals surface area contributed by atoms with Crippen LogP contribution >= 0.6 is 0 Å². The van der Waals surface area contributed by atoms with Crippen molar-refractivity contribution in [1.82, 2.24) is 14.9 Å². The highest BCUT2D eigenvalue weighted by molar-refractivity contribution is 6.01. The number of ether oxygens (including phenoxy) is 1. The van der Waals surface area contributed by atoms with E-state index < -0.39 is 17.6 Å². The Morgan fingerprint density at radius 3 is 2.21 bits per heavy atom. The maximum atomic E-state index is 13.4. The normalized spacial score (nSPS) is 12.0. The number of hydrogen-bond donors (Lipinski definition) is 2. The second kappa shape index (κ2) is 9.68. The zero-order chi connectivity index (χ0) is 24.2. The van der Waals surface area contributed by atoms with Crippen molar-refractivity contribution in [1.29, 1.82) is 0 Å². The van der Waals surface area contributed by atoms with Gasteiger partial charge in [0.1, 0.15) is 11.8 Å². The first kappa shape index (κ1) is 23.7. The molecule has 2 aromatic carbocycles. The number of anilines is 1. The Kier molecular flexibility index (Phi) is 6.96. The van der Waals surface area contributed by atoms with Gasteiger partial charge >= 0.3 is 5.69 Å². The quantitative estimate of drug-likeness (QED) is 0.600. The molecule has 8 nitrogen and oxygen atoms in total. The largest absolute Gasteiger partial charge is 0.497 e. The molecule has 8 heteroatoms. The Balaban J connectivity index is 1.91. The number of carbonyl (C=O) groups excluding carboxylic acids is 2. The van der Waals surface area contributed by atoms with E-state index in [2.05, 4.69) is 36.1 Å². The average molecular weight is 449 g/mol. The van der Waals surface area contributed by atoms with Gasteiger partial charge in [0.15, 0.2) is 0 Å². The third-order valence-corrected chi connectivity index (χ3v) is 5.32. The standard InChI is InChI=1S/C25H28N4O4/c1-25(2,3)18-8-10-19(11-9-18)28-22(30)21(16-6-12-20(33-5)13-7-16)29(4)23(31)17-14-26-24(32)27-15-17/h6-15,21H,1-5H3,(H,28,30)(H,26,27,32). The lowest BCUT2D eigenvalue weighted by atomic mass is 9.87.